The Morgan fingerprint density at radius 1 is 1.42 bits per heavy atom. The molecule has 2 rings (SSSR count). The Balaban J connectivity index is 2.08. The number of benzene rings is 1. The molecule has 1 aliphatic carbocycles. The van der Waals surface area contributed by atoms with Gasteiger partial charge in [0.05, 0.1) is 11.3 Å². The lowest BCUT2D eigenvalue weighted by molar-refractivity contribution is 0.0698. The number of amides is 2. The first-order valence-corrected chi connectivity index (χ1v) is 6.33. The number of aryl methyl sites for hydroxylation is 1. The van der Waals surface area contributed by atoms with Crippen molar-refractivity contribution in [1.29, 1.82) is 0 Å². The maximum absolute atomic E-state index is 12.0. The van der Waals surface area contributed by atoms with Gasteiger partial charge in [-0.2, -0.15) is 0 Å². The van der Waals surface area contributed by atoms with Gasteiger partial charge in [-0.05, 0) is 37.8 Å². The van der Waals surface area contributed by atoms with Crippen molar-refractivity contribution >= 4 is 17.7 Å². The molecule has 0 spiro atoms. The molecule has 0 atom stereocenters. The highest BCUT2D eigenvalue weighted by molar-refractivity contribution is 6.00. The van der Waals surface area contributed by atoms with Gasteiger partial charge in [0.1, 0.15) is 0 Å². The van der Waals surface area contributed by atoms with Gasteiger partial charge < -0.3 is 15.3 Å². The summed E-state index contributed by atoms with van der Waals surface area (Å²) in [7, 11) is 1.72. The summed E-state index contributed by atoms with van der Waals surface area (Å²) in [6, 6.07) is 4.70. The second-order valence-corrected chi connectivity index (χ2v) is 5.11. The number of carbonyl (C=O) groups is 2. The first-order chi connectivity index (χ1) is 8.97. The van der Waals surface area contributed by atoms with Gasteiger partial charge in [0.25, 0.3) is 0 Å². The summed E-state index contributed by atoms with van der Waals surface area (Å²) >= 11 is 0. The van der Waals surface area contributed by atoms with Crippen molar-refractivity contribution in [2.24, 2.45) is 5.92 Å². The van der Waals surface area contributed by atoms with Crippen LogP contribution >= 0.6 is 0 Å². The molecule has 0 radical (unpaired) electrons. The van der Waals surface area contributed by atoms with Crippen LogP contribution in [-0.2, 0) is 0 Å². The summed E-state index contributed by atoms with van der Waals surface area (Å²) in [5, 5.41) is 11.8. The number of hydrogen-bond acceptors (Lipinski definition) is 2. The second kappa shape index (κ2) is 5.30. The van der Waals surface area contributed by atoms with Gasteiger partial charge in [0, 0.05) is 13.6 Å². The molecule has 0 saturated heterocycles. The van der Waals surface area contributed by atoms with Gasteiger partial charge in [0.15, 0.2) is 0 Å². The van der Waals surface area contributed by atoms with Gasteiger partial charge in [-0.25, -0.2) is 9.59 Å². The highest BCUT2D eigenvalue weighted by Crippen LogP contribution is 2.29. The summed E-state index contributed by atoms with van der Waals surface area (Å²) in [5.74, 6) is -0.434. The lowest BCUT2D eigenvalue weighted by Gasteiger charge is -2.18. The van der Waals surface area contributed by atoms with Crippen molar-refractivity contribution in [3.63, 3.8) is 0 Å². The minimum atomic E-state index is -1.04. The Morgan fingerprint density at radius 3 is 2.68 bits per heavy atom. The van der Waals surface area contributed by atoms with Crippen molar-refractivity contribution < 1.29 is 14.7 Å². The Hall–Kier alpha value is -2.04. The van der Waals surface area contributed by atoms with Gasteiger partial charge in [-0.3, -0.25) is 0 Å². The minimum Gasteiger partial charge on any atom is -0.478 e. The normalized spacial score (nSPS) is 14.0. The summed E-state index contributed by atoms with van der Waals surface area (Å²) in [4.78, 5) is 24.7. The summed E-state index contributed by atoms with van der Waals surface area (Å²) < 4.78 is 0. The van der Waals surface area contributed by atoms with Crippen LogP contribution in [0.4, 0.5) is 10.5 Å². The molecule has 0 heterocycles. The topological polar surface area (TPSA) is 69.6 Å². The monoisotopic (exact) mass is 262 g/mol. The zero-order chi connectivity index (χ0) is 14.0. The first-order valence-electron chi connectivity index (χ1n) is 6.33. The van der Waals surface area contributed by atoms with Crippen LogP contribution in [0.2, 0.25) is 0 Å². The highest BCUT2D eigenvalue weighted by atomic mass is 16.4. The number of anilines is 1. The van der Waals surface area contributed by atoms with E-state index in [2.05, 4.69) is 5.32 Å². The largest absolute Gasteiger partial charge is 0.478 e. The molecule has 1 saturated carbocycles. The minimum absolute atomic E-state index is 0.119. The fourth-order valence-corrected chi connectivity index (χ4v) is 1.93. The first kappa shape index (κ1) is 13.4. The van der Waals surface area contributed by atoms with E-state index in [0.717, 1.165) is 12.1 Å². The van der Waals surface area contributed by atoms with Crippen LogP contribution in [-0.4, -0.2) is 35.6 Å². The molecule has 1 fully saturated rings. The standard InChI is InChI=1S/C14H18N2O3/c1-9-3-6-12(11(7-9)13(17)18)15-14(19)16(2)8-10-4-5-10/h3,6-7,10H,4-5,8H2,1-2H3,(H,15,19)(H,17,18). The van der Waals surface area contributed by atoms with Crippen LogP contribution in [0.3, 0.4) is 0 Å². The SMILES string of the molecule is Cc1ccc(NC(=O)N(C)CC2CC2)c(C(=O)O)c1. The predicted molar refractivity (Wildman–Crippen MR) is 72.5 cm³/mol. The Labute approximate surface area is 112 Å². The van der Waals surface area contributed by atoms with Gasteiger partial charge in [-0.15, -0.1) is 0 Å². The third-order valence-electron chi connectivity index (χ3n) is 3.22. The van der Waals surface area contributed by atoms with Crippen molar-refractivity contribution in [2.45, 2.75) is 19.8 Å². The van der Waals surface area contributed by atoms with E-state index in [1.54, 1.807) is 30.1 Å². The van der Waals surface area contributed by atoms with Gasteiger partial charge in [-0.1, -0.05) is 11.6 Å². The van der Waals surface area contributed by atoms with Crippen molar-refractivity contribution in [2.75, 3.05) is 18.9 Å². The Kier molecular flexibility index (Phi) is 3.74. The van der Waals surface area contributed by atoms with Crippen molar-refractivity contribution in [3.05, 3.63) is 29.3 Å². The second-order valence-electron chi connectivity index (χ2n) is 5.11. The number of rotatable bonds is 4. The lowest BCUT2D eigenvalue weighted by Crippen LogP contribution is -2.33. The van der Waals surface area contributed by atoms with Crippen molar-refractivity contribution in [3.8, 4) is 0 Å². The van der Waals surface area contributed by atoms with Crippen LogP contribution < -0.4 is 5.32 Å². The van der Waals surface area contributed by atoms with Crippen LogP contribution in [0.1, 0.15) is 28.8 Å². The van der Waals surface area contributed by atoms with Crippen LogP contribution in [0, 0.1) is 12.8 Å². The fraction of sp³-hybridized carbons (Fsp3) is 0.429. The molecule has 1 aliphatic rings. The van der Waals surface area contributed by atoms with Gasteiger partial charge in [0.2, 0.25) is 0 Å². The zero-order valence-electron chi connectivity index (χ0n) is 11.1. The summed E-state index contributed by atoms with van der Waals surface area (Å²) in [5.41, 5.74) is 1.31. The van der Waals surface area contributed by atoms with Crippen LogP contribution in [0.5, 0.6) is 0 Å². The van der Waals surface area contributed by atoms with Crippen molar-refractivity contribution in [1.82, 2.24) is 4.90 Å². The number of urea groups is 1. The smallest absolute Gasteiger partial charge is 0.337 e. The Morgan fingerprint density at radius 2 is 2.11 bits per heavy atom. The van der Waals surface area contributed by atoms with E-state index >= 15 is 0 Å². The molecule has 5 nitrogen and oxygen atoms in total. The van der Waals surface area contributed by atoms with E-state index in [4.69, 9.17) is 5.11 Å². The van der Waals surface area contributed by atoms with E-state index < -0.39 is 5.97 Å². The van der Waals surface area contributed by atoms with E-state index in [-0.39, 0.29) is 11.6 Å². The average molecular weight is 262 g/mol. The zero-order valence-corrected chi connectivity index (χ0v) is 11.1. The number of nitrogens with zero attached hydrogens (tertiary/aromatic N) is 1. The average Bonchev–Trinajstić information content (AvgIpc) is 3.14. The number of carbonyl (C=O) groups excluding carboxylic acids is 1. The maximum Gasteiger partial charge on any atom is 0.337 e. The van der Waals surface area contributed by atoms with Gasteiger partial charge >= 0.3 is 12.0 Å². The molecule has 1 aromatic rings. The third-order valence-corrected chi connectivity index (χ3v) is 3.22. The summed E-state index contributed by atoms with van der Waals surface area (Å²) in [6.07, 6.45) is 2.34. The molecular formula is C14H18N2O3. The molecule has 0 bridgehead atoms. The number of carboxylic acid groups (broad SMARTS) is 1. The molecule has 0 aliphatic heterocycles. The molecule has 2 amide bonds. The highest BCUT2D eigenvalue weighted by Gasteiger charge is 2.25. The number of carboxylic acids is 1. The number of hydrogen-bond donors (Lipinski definition) is 2. The third kappa shape index (κ3) is 3.47. The van der Waals surface area contributed by atoms with Crippen LogP contribution in [0.15, 0.2) is 18.2 Å². The number of aromatic carboxylic acids is 1. The van der Waals surface area contributed by atoms with E-state index in [1.807, 2.05) is 6.92 Å². The molecular weight excluding hydrogens is 244 g/mol. The fourth-order valence-electron chi connectivity index (χ4n) is 1.93. The maximum atomic E-state index is 12.0. The molecule has 1 aromatic carbocycles. The number of nitrogens with one attached hydrogen (secondary N) is 1. The molecule has 2 N–H and O–H groups in total. The quantitative estimate of drug-likeness (QED) is 0.876. The Bertz CT molecular complexity index is 509. The lowest BCUT2D eigenvalue weighted by atomic mass is 10.1. The van der Waals surface area contributed by atoms with E-state index in [0.29, 0.717) is 11.6 Å². The molecule has 102 valence electrons. The molecule has 5 heteroatoms. The van der Waals surface area contributed by atoms with E-state index in [9.17, 15) is 9.59 Å². The summed E-state index contributed by atoms with van der Waals surface area (Å²) in [6.45, 7) is 2.54. The predicted octanol–water partition coefficient (Wildman–Crippen LogP) is 2.57. The molecule has 0 unspecified atom stereocenters. The molecule has 0 aromatic heterocycles. The molecule has 19 heavy (non-hydrogen) atoms. The van der Waals surface area contributed by atoms with E-state index in [1.165, 1.54) is 12.8 Å². The van der Waals surface area contributed by atoms with Crippen LogP contribution in [0.25, 0.3) is 0 Å².